The normalized spacial score (nSPS) is 13.8. The molecule has 0 bridgehead atoms. The predicted molar refractivity (Wildman–Crippen MR) is 70.6 cm³/mol. The maximum absolute atomic E-state index is 12.9. The highest BCUT2D eigenvalue weighted by Gasteiger charge is 2.36. The molecule has 1 rings (SSSR count). The lowest BCUT2D eigenvalue weighted by molar-refractivity contribution is -0.148. The zero-order chi connectivity index (χ0) is 15.3. The third-order valence-electron chi connectivity index (χ3n) is 2.79. The van der Waals surface area contributed by atoms with Gasteiger partial charge in [0.1, 0.15) is 12.4 Å². The molecule has 0 aliphatic carbocycles. The molecule has 110 valence electrons. The summed E-state index contributed by atoms with van der Waals surface area (Å²) >= 11 is 0. The van der Waals surface area contributed by atoms with Gasteiger partial charge in [0, 0.05) is 0 Å². The summed E-state index contributed by atoms with van der Waals surface area (Å²) in [5, 5.41) is 11.7. The maximum atomic E-state index is 12.9. The summed E-state index contributed by atoms with van der Waals surface area (Å²) < 4.78 is 18.0. The topological polar surface area (TPSA) is 75.6 Å². The molecule has 20 heavy (non-hydrogen) atoms. The average Bonchev–Trinajstić information content (AvgIpc) is 2.36. The Balaban J connectivity index is 2.90. The summed E-state index contributed by atoms with van der Waals surface area (Å²) in [5.74, 6) is -2.26. The molecule has 0 saturated carbocycles. The van der Waals surface area contributed by atoms with Crippen LogP contribution in [0.25, 0.3) is 0 Å². The van der Waals surface area contributed by atoms with E-state index in [4.69, 9.17) is 4.74 Å². The molecular weight excluding hydrogens is 265 g/mol. The number of carbonyl (C=O) groups excluding carboxylic acids is 1. The number of nitrogens with one attached hydrogen (secondary N) is 1. The maximum Gasteiger partial charge on any atom is 0.333 e. The second-order valence-electron chi connectivity index (χ2n) is 4.84. The van der Waals surface area contributed by atoms with E-state index in [9.17, 15) is 19.1 Å². The predicted octanol–water partition coefficient (Wildman–Crippen LogP) is 1.67. The number of carboxylic acids is 1. The molecule has 2 N–H and O–H groups in total. The molecule has 0 aliphatic heterocycles. The van der Waals surface area contributed by atoms with Crippen LogP contribution in [0.3, 0.4) is 0 Å². The van der Waals surface area contributed by atoms with Gasteiger partial charge in [0.05, 0.1) is 6.10 Å². The van der Waals surface area contributed by atoms with Gasteiger partial charge >= 0.3 is 5.97 Å². The van der Waals surface area contributed by atoms with Crippen molar-refractivity contribution in [3.8, 4) is 0 Å². The van der Waals surface area contributed by atoms with Gasteiger partial charge in [0.15, 0.2) is 5.54 Å². The average molecular weight is 283 g/mol. The summed E-state index contributed by atoms with van der Waals surface area (Å²) in [6.45, 7) is 4.64. The smallest absolute Gasteiger partial charge is 0.333 e. The Morgan fingerprint density at radius 3 is 2.35 bits per heavy atom. The summed E-state index contributed by atoms with van der Waals surface area (Å²) in [6.07, 6.45) is -0.136. The third kappa shape index (κ3) is 4.03. The fraction of sp³-hybridized carbons (Fsp3) is 0.429. The highest BCUT2D eigenvalue weighted by atomic mass is 19.1. The van der Waals surface area contributed by atoms with Crippen LogP contribution in [-0.4, -0.2) is 29.7 Å². The van der Waals surface area contributed by atoms with E-state index in [1.807, 2.05) is 0 Å². The Labute approximate surface area is 116 Å². The van der Waals surface area contributed by atoms with Crippen molar-refractivity contribution in [3.63, 3.8) is 0 Å². The monoisotopic (exact) mass is 283 g/mol. The van der Waals surface area contributed by atoms with Gasteiger partial charge in [0.25, 0.3) is 0 Å². The number of benzene rings is 1. The number of carboxylic acid groups (broad SMARTS) is 1. The minimum Gasteiger partial charge on any atom is -0.479 e. The van der Waals surface area contributed by atoms with E-state index >= 15 is 0 Å². The van der Waals surface area contributed by atoms with E-state index in [0.29, 0.717) is 0 Å². The Bertz CT molecular complexity index is 486. The highest BCUT2D eigenvalue weighted by molar-refractivity contribution is 5.88. The quantitative estimate of drug-likeness (QED) is 0.832. The van der Waals surface area contributed by atoms with Gasteiger partial charge in [-0.3, -0.25) is 4.79 Å². The Morgan fingerprint density at radius 2 is 1.90 bits per heavy atom. The Hall–Kier alpha value is -1.95. The second-order valence-corrected chi connectivity index (χ2v) is 4.84. The molecule has 1 unspecified atom stereocenters. The van der Waals surface area contributed by atoms with Crippen LogP contribution in [0.4, 0.5) is 4.39 Å². The SMILES string of the molecule is CC(C)OCC(=O)NC(C)(C(=O)O)c1ccc(F)cc1. The van der Waals surface area contributed by atoms with Gasteiger partial charge in [-0.05, 0) is 38.5 Å². The van der Waals surface area contributed by atoms with E-state index in [-0.39, 0.29) is 18.3 Å². The summed E-state index contributed by atoms with van der Waals surface area (Å²) in [4.78, 5) is 23.2. The number of rotatable bonds is 6. The molecule has 0 radical (unpaired) electrons. The van der Waals surface area contributed by atoms with Crippen LogP contribution in [0, 0.1) is 5.82 Å². The molecule has 0 saturated heterocycles. The van der Waals surface area contributed by atoms with E-state index in [0.717, 1.165) is 12.1 Å². The van der Waals surface area contributed by atoms with Crippen LogP contribution >= 0.6 is 0 Å². The van der Waals surface area contributed by atoms with Gasteiger partial charge in [-0.25, -0.2) is 9.18 Å². The zero-order valence-electron chi connectivity index (χ0n) is 11.6. The first-order chi connectivity index (χ1) is 9.25. The van der Waals surface area contributed by atoms with E-state index in [1.54, 1.807) is 13.8 Å². The third-order valence-corrected chi connectivity index (χ3v) is 2.79. The van der Waals surface area contributed by atoms with Crippen LogP contribution in [0.5, 0.6) is 0 Å². The lowest BCUT2D eigenvalue weighted by Crippen LogP contribution is -2.50. The summed E-state index contributed by atoms with van der Waals surface area (Å²) in [6, 6.07) is 4.95. The van der Waals surface area contributed by atoms with Crippen molar-refractivity contribution in [3.05, 3.63) is 35.6 Å². The number of aliphatic carboxylic acids is 1. The molecule has 1 aromatic rings. The van der Waals surface area contributed by atoms with Crippen molar-refractivity contribution in [1.82, 2.24) is 5.32 Å². The molecule has 0 spiro atoms. The summed E-state index contributed by atoms with van der Waals surface area (Å²) in [5.41, 5.74) is -1.35. The van der Waals surface area contributed by atoms with Crippen LogP contribution in [-0.2, 0) is 19.9 Å². The molecule has 0 aliphatic rings. The van der Waals surface area contributed by atoms with Gasteiger partial charge in [0.2, 0.25) is 5.91 Å². The number of hydrogen-bond acceptors (Lipinski definition) is 3. The van der Waals surface area contributed by atoms with E-state index < -0.39 is 23.2 Å². The highest BCUT2D eigenvalue weighted by Crippen LogP contribution is 2.21. The van der Waals surface area contributed by atoms with Crippen molar-refractivity contribution in [2.24, 2.45) is 0 Å². The van der Waals surface area contributed by atoms with E-state index in [2.05, 4.69) is 5.32 Å². The molecule has 1 atom stereocenters. The number of ether oxygens (including phenoxy) is 1. The second kappa shape index (κ2) is 6.47. The molecule has 0 aromatic heterocycles. The molecular formula is C14H18FNO4. The first-order valence-electron chi connectivity index (χ1n) is 6.17. The zero-order valence-corrected chi connectivity index (χ0v) is 11.6. The Morgan fingerprint density at radius 1 is 1.35 bits per heavy atom. The van der Waals surface area contributed by atoms with Crippen LogP contribution in [0.1, 0.15) is 26.3 Å². The van der Waals surface area contributed by atoms with Crippen LogP contribution in [0.15, 0.2) is 24.3 Å². The number of amides is 1. The van der Waals surface area contributed by atoms with Crippen molar-refractivity contribution >= 4 is 11.9 Å². The lowest BCUT2D eigenvalue weighted by atomic mass is 9.92. The molecule has 6 heteroatoms. The van der Waals surface area contributed by atoms with Crippen molar-refractivity contribution < 1.29 is 23.8 Å². The molecule has 5 nitrogen and oxygen atoms in total. The van der Waals surface area contributed by atoms with Crippen molar-refractivity contribution in [2.75, 3.05) is 6.61 Å². The minimum absolute atomic E-state index is 0.136. The minimum atomic E-state index is -1.63. The molecule has 0 fully saturated rings. The van der Waals surface area contributed by atoms with Crippen molar-refractivity contribution in [1.29, 1.82) is 0 Å². The van der Waals surface area contributed by atoms with Crippen LogP contribution in [0.2, 0.25) is 0 Å². The van der Waals surface area contributed by atoms with Gasteiger partial charge in [-0.2, -0.15) is 0 Å². The number of halogens is 1. The Kier molecular flexibility index (Phi) is 5.21. The lowest BCUT2D eigenvalue weighted by Gasteiger charge is -2.27. The fourth-order valence-corrected chi connectivity index (χ4v) is 1.59. The van der Waals surface area contributed by atoms with Gasteiger partial charge < -0.3 is 15.2 Å². The molecule has 1 aromatic carbocycles. The standard InChI is InChI=1S/C14H18FNO4/c1-9(2)20-8-12(17)16-14(3,13(18)19)10-4-6-11(15)7-5-10/h4-7,9H,8H2,1-3H3,(H,16,17)(H,18,19). The molecule has 0 heterocycles. The number of carbonyl (C=O) groups is 2. The first kappa shape index (κ1) is 16.1. The largest absolute Gasteiger partial charge is 0.479 e. The van der Waals surface area contributed by atoms with Crippen molar-refractivity contribution in [2.45, 2.75) is 32.4 Å². The van der Waals surface area contributed by atoms with E-state index in [1.165, 1.54) is 19.1 Å². The van der Waals surface area contributed by atoms with Crippen LogP contribution < -0.4 is 5.32 Å². The van der Waals surface area contributed by atoms with Gasteiger partial charge in [-0.15, -0.1) is 0 Å². The first-order valence-corrected chi connectivity index (χ1v) is 6.17. The molecule has 1 amide bonds. The summed E-state index contributed by atoms with van der Waals surface area (Å²) in [7, 11) is 0. The fourth-order valence-electron chi connectivity index (χ4n) is 1.59. The van der Waals surface area contributed by atoms with Gasteiger partial charge in [-0.1, -0.05) is 12.1 Å². The number of hydrogen-bond donors (Lipinski definition) is 2.